The molecule has 1 N–H and O–H groups in total. The summed E-state index contributed by atoms with van der Waals surface area (Å²) in [5.74, 6) is -1.10. The van der Waals surface area contributed by atoms with E-state index in [1.165, 1.54) is 6.26 Å². The molecule has 0 unspecified atom stereocenters. The van der Waals surface area contributed by atoms with Crippen molar-refractivity contribution in [2.75, 3.05) is 18.1 Å². The third-order valence-electron chi connectivity index (χ3n) is 4.91. The van der Waals surface area contributed by atoms with Crippen LogP contribution in [-0.4, -0.2) is 43.9 Å². The van der Waals surface area contributed by atoms with E-state index in [-0.39, 0.29) is 17.9 Å². The zero-order chi connectivity index (χ0) is 19.8. The molecule has 0 saturated carbocycles. The fourth-order valence-electron chi connectivity index (χ4n) is 3.31. The van der Waals surface area contributed by atoms with Crippen molar-refractivity contribution in [3.8, 4) is 0 Å². The summed E-state index contributed by atoms with van der Waals surface area (Å²) in [5, 5.41) is 3.50. The molecule has 7 nitrogen and oxygen atoms in total. The van der Waals surface area contributed by atoms with Gasteiger partial charge in [-0.3, -0.25) is 9.59 Å². The van der Waals surface area contributed by atoms with Gasteiger partial charge in [-0.1, -0.05) is 0 Å². The van der Waals surface area contributed by atoms with Gasteiger partial charge in [0.05, 0.1) is 29.7 Å². The number of rotatable bonds is 5. The van der Waals surface area contributed by atoms with Crippen LogP contribution in [0.4, 0.5) is 0 Å². The van der Waals surface area contributed by atoms with E-state index in [9.17, 15) is 18.0 Å². The van der Waals surface area contributed by atoms with Gasteiger partial charge in [0.1, 0.15) is 5.58 Å². The van der Waals surface area contributed by atoms with Gasteiger partial charge in [-0.05, 0) is 50.5 Å². The highest BCUT2D eigenvalue weighted by Gasteiger charge is 2.39. The second kappa shape index (κ2) is 6.99. The average Bonchev–Trinajstić information content (AvgIpc) is 3.06. The van der Waals surface area contributed by atoms with Crippen LogP contribution < -0.4 is 5.32 Å². The quantitative estimate of drug-likeness (QED) is 0.778. The Morgan fingerprint density at radius 3 is 2.63 bits per heavy atom. The van der Waals surface area contributed by atoms with Gasteiger partial charge < -0.3 is 14.5 Å². The van der Waals surface area contributed by atoms with Crippen LogP contribution in [0, 0.1) is 13.8 Å². The van der Waals surface area contributed by atoms with Crippen molar-refractivity contribution < 1.29 is 27.2 Å². The molecule has 1 aliphatic rings. The van der Waals surface area contributed by atoms with E-state index in [1.807, 2.05) is 26.0 Å². The number of benzene rings is 1. The normalized spacial score (nSPS) is 21.3. The van der Waals surface area contributed by atoms with E-state index in [0.29, 0.717) is 17.6 Å². The third-order valence-corrected chi connectivity index (χ3v) is 6.82. The molecule has 1 aromatic carbocycles. The lowest BCUT2D eigenvalue weighted by Crippen LogP contribution is -2.48. The molecule has 0 aliphatic carbocycles. The first-order chi connectivity index (χ1) is 12.6. The lowest BCUT2D eigenvalue weighted by molar-refractivity contribution is -0.148. The average molecular weight is 393 g/mol. The predicted molar refractivity (Wildman–Crippen MR) is 100 cm³/mol. The van der Waals surface area contributed by atoms with E-state index in [2.05, 4.69) is 5.32 Å². The SMILES string of the molecule is Cc1cc2occ(CC(=O)OCC(=O)N[C@]3(C)CCS(=O)(=O)C3)c2cc1C. The lowest BCUT2D eigenvalue weighted by atomic mass is 10.0. The maximum atomic E-state index is 12.1. The Labute approximate surface area is 158 Å². The second-order valence-electron chi connectivity index (χ2n) is 7.48. The summed E-state index contributed by atoms with van der Waals surface area (Å²) in [4.78, 5) is 24.1. The summed E-state index contributed by atoms with van der Waals surface area (Å²) in [7, 11) is -3.13. The van der Waals surface area contributed by atoms with Gasteiger partial charge in [0, 0.05) is 10.9 Å². The summed E-state index contributed by atoms with van der Waals surface area (Å²) >= 11 is 0. The Kier molecular flexibility index (Phi) is 5.03. The van der Waals surface area contributed by atoms with E-state index < -0.39 is 33.9 Å². The van der Waals surface area contributed by atoms with Crippen molar-refractivity contribution in [3.05, 3.63) is 35.1 Å². The summed E-state index contributed by atoms with van der Waals surface area (Å²) in [6.07, 6.45) is 1.87. The number of aryl methyl sites for hydroxylation is 2. The van der Waals surface area contributed by atoms with Crippen LogP contribution in [0.25, 0.3) is 11.0 Å². The Hall–Kier alpha value is -2.35. The number of carbonyl (C=O) groups excluding carboxylic acids is 2. The Morgan fingerprint density at radius 1 is 1.26 bits per heavy atom. The fraction of sp³-hybridized carbons (Fsp3) is 0.474. The highest BCUT2D eigenvalue weighted by molar-refractivity contribution is 7.91. The van der Waals surface area contributed by atoms with Crippen molar-refractivity contribution in [2.45, 2.75) is 39.2 Å². The Bertz CT molecular complexity index is 1010. The Morgan fingerprint density at radius 2 is 1.96 bits per heavy atom. The van der Waals surface area contributed by atoms with Crippen LogP contribution in [-0.2, 0) is 30.6 Å². The van der Waals surface area contributed by atoms with Crippen LogP contribution in [0.15, 0.2) is 22.8 Å². The molecule has 146 valence electrons. The number of carbonyl (C=O) groups is 2. The standard InChI is InChI=1S/C19H23NO6S/c1-12-6-15-14(9-25-16(15)7-13(12)2)8-18(22)26-10-17(21)20-19(3)4-5-27(23,24)11-19/h6-7,9H,4-5,8,10-11H2,1-3H3,(H,20,21)/t19-/m1/s1. The number of amides is 1. The first kappa shape index (κ1) is 19.4. The molecule has 1 atom stereocenters. The van der Waals surface area contributed by atoms with Crippen LogP contribution in [0.2, 0.25) is 0 Å². The molecule has 1 aliphatic heterocycles. The van der Waals surface area contributed by atoms with Crippen LogP contribution in [0.5, 0.6) is 0 Å². The third kappa shape index (κ3) is 4.50. The van der Waals surface area contributed by atoms with Gasteiger partial charge in [-0.15, -0.1) is 0 Å². The topological polar surface area (TPSA) is 103 Å². The van der Waals surface area contributed by atoms with E-state index in [1.54, 1.807) is 6.92 Å². The van der Waals surface area contributed by atoms with Gasteiger partial charge in [0.2, 0.25) is 0 Å². The van der Waals surface area contributed by atoms with Crippen LogP contribution >= 0.6 is 0 Å². The van der Waals surface area contributed by atoms with Gasteiger partial charge in [-0.25, -0.2) is 8.42 Å². The molecule has 1 fully saturated rings. The minimum Gasteiger partial charge on any atom is -0.464 e. The molecule has 8 heteroatoms. The number of nitrogens with one attached hydrogen (secondary N) is 1. The predicted octanol–water partition coefficient (Wildman–Crippen LogP) is 1.83. The first-order valence-electron chi connectivity index (χ1n) is 8.71. The maximum absolute atomic E-state index is 12.1. The van der Waals surface area contributed by atoms with E-state index in [4.69, 9.17) is 9.15 Å². The number of hydrogen-bond acceptors (Lipinski definition) is 6. The molecule has 1 aromatic heterocycles. The minimum absolute atomic E-state index is 0.00553. The fourth-order valence-corrected chi connectivity index (χ4v) is 5.40. The van der Waals surface area contributed by atoms with Crippen LogP contribution in [0.1, 0.15) is 30.0 Å². The zero-order valence-electron chi connectivity index (χ0n) is 15.6. The van der Waals surface area contributed by atoms with Crippen molar-refractivity contribution in [1.29, 1.82) is 0 Å². The molecule has 2 heterocycles. The maximum Gasteiger partial charge on any atom is 0.310 e. The molecule has 1 saturated heterocycles. The smallest absolute Gasteiger partial charge is 0.310 e. The lowest BCUT2D eigenvalue weighted by Gasteiger charge is -2.23. The molecule has 0 bridgehead atoms. The molecule has 1 amide bonds. The number of sulfone groups is 1. The van der Waals surface area contributed by atoms with Crippen molar-refractivity contribution in [2.24, 2.45) is 0 Å². The van der Waals surface area contributed by atoms with Crippen LogP contribution in [0.3, 0.4) is 0 Å². The van der Waals surface area contributed by atoms with Crippen molar-refractivity contribution in [3.63, 3.8) is 0 Å². The number of hydrogen-bond donors (Lipinski definition) is 1. The van der Waals surface area contributed by atoms with Gasteiger partial charge >= 0.3 is 5.97 Å². The van der Waals surface area contributed by atoms with Gasteiger partial charge in [-0.2, -0.15) is 0 Å². The van der Waals surface area contributed by atoms with E-state index in [0.717, 1.165) is 16.5 Å². The molecular weight excluding hydrogens is 370 g/mol. The highest BCUT2D eigenvalue weighted by Crippen LogP contribution is 2.25. The molecule has 3 rings (SSSR count). The summed E-state index contributed by atoms with van der Waals surface area (Å²) < 4.78 is 33.7. The minimum atomic E-state index is -3.13. The zero-order valence-corrected chi connectivity index (χ0v) is 16.4. The van der Waals surface area contributed by atoms with Crippen molar-refractivity contribution in [1.82, 2.24) is 5.32 Å². The molecule has 27 heavy (non-hydrogen) atoms. The second-order valence-corrected chi connectivity index (χ2v) is 9.67. The van der Waals surface area contributed by atoms with Crippen molar-refractivity contribution >= 4 is 32.7 Å². The summed E-state index contributed by atoms with van der Waals surface area (Å²) in [6.45, 7) is 5.21. The largest absolute Gasteiger partial charge is 0.464 e. The first-order valence-corrected chi connectivity index (χ1v) is 10.5. The molecule has 0 spiro atoms. The monoisotopic (exact) mass is 393 g/mol. The molecule has 2 aromatic rings. The number of fused-ring (bicyclic) bond motifs is 1. The van der Waals surface area contributed by atoms with Gasteiger partial charge in [0.25, 0.3) is 5.91 Å². The number of esters is 1. The highest BCUT2D eigenvalue weighted by atomic mass is 32.2. The molecular formula is C19H23NO6S. The number of furan rings is 1. The van der Waals surface area contributed by atoms with Gasteiger partial charge in [0.15, 0.2) is 16.4 Å². The summed E-state index contributed by atoms with van der Waals surface area (Å²) in [5.41, 5.74) is 2.79. The molecule has 0 radical (unpaired) electrons. The Balaban J connectivity index is 1.56. The summed E-state index contributed by atoms with van der Waals surface area (Å²) in [6, 6.07) is 3.88. The number of ether oxygens (including phenoxy) is 1. The van der Waals surface area contributed by atoms with E-state index >= 15 is 0 Å².